The van der Waals surface area contributed by atoms with Crippen LogP contribution in [0.1, 0.15) is 15.9 Å². The minimum atomic E-state index is -1.64. The molecule has 2 aromatic rings. The van der Waals surface area contributed by atoms with Crippen molar-refractivity contribution < 1.29 is 18.0 Å². The van der Waals surface area contributed by atoms with E-state index in [-0.39, 0.29) is 11.4 Å². The van der Waals surface area contributed by atoms with E-state index in [0.717, 1.165) is 0 Å². The molecule has 0 saturated carbocycles. The van der Waals surface area contributed by atoms with E-state index >= 15 is 0 Å². The fourth-order valence-electron chi connectivity index (χ4n) is 1.41. The molecule has 2 rings (SSSR count). The van der Waals surface area contributed by atoms with Gasteiger partial charge in [-0.3, -0.25) is 4.79 Å². The van der Waals surface area contributed by atoms with Crippen LogP contribution in [0.3, 0.4) is 0 Å². The van der Waals surface area contributed by atoms with Crippen molar-refractivity contribution in [2.75, 3.05) is 5.32 Å². The van der Waals surface area contributed by atoms with Crippen LogP contribution in [0.2, 0.25) is 0 Å². The Morgan fingerprint density at radius 3 is 2.35 bits per heavy atom. The van der Waals surface area contributed by atoms with Gasteiger partial charge in [-0.1, -0.05) is 0 Å². The highest BCUT2D eigenvalue weighted by atomic mass is 19.2. The highest BCUT2D eigenvalue weighted by molar-refractivity contribution is 6.03. The Kier molecular flexibility index (Phi) is 3.66. The maximum atomic E-state index is 13.0. The summed E-state index contributed by atoms with van der Waals surface area (Å²) in [6, 6.07) is 5.77. The van der Waals surface area contributed by atoms with Crippen molar-refractivity contribution >= 4 is 11.7 Å². The van der Waals surface area contributed by atoms with E-state index in [1.807, 2.05) is 6.07 Å². The van der Waals surface area contributed by atoms with E-state index in [4.69, 9.17) is 5.26 Å². The number of aromatic nitrogens is 1. The summed E-state index contributed by atoms with van der Waals surface area (Å²) in [6.07, 6.45) is 1.22. The summed E-state index contributed by atoms with van der Waals surface area (Å²) in [7, 11) is 0. The Morgan fingerprint density at radius 2 is 1.85 bits per heavy atom. The molecule has 0 spiro atoms. The minimum absolute atomic E-state index is 0.0964. The first-order chi connectivity index (χ1) is 9.51. The number of rotatable bonds is 2. The molecule has 1 amide bonds. The highest BCUT2D eigenvalue weighted by Gasteiger charge is 2.15. The number of amides is 1. The van der Waals surface area contributed by atoms with E-state index < -0.39 is 23.4 Å². The van der Waals surface area contributed by atoms with Crippen LogP contribution in [0.5, 0.6) is 0 Å². The second-order valence-corrected chi connectivity index (χ2v) is 3.75. The van der Waals surface area contributed by atoms with Crippen molar-refractivity contribution in [1.29, 1.82) is 5.26 Å². The average Bonchev–Trinajstić information content (AvgIpc) is 2.45. The van der Waals surface area contributed by atoms with Crippen LogP contribution in [-0.2, 0) is 0 Å². The zero-order valence-corrected chi connectivity index (χ0v) is 9.82. The van der Waals surface area contributed by atoms with Crippen LogP contribution in [-0.4, -0.2) is 10.9 Å². The van der Waals surface area contributed by atoms with Gasteiger partial charge in [0.2, 0.25) is 0 Å². The summed E-state index contributed by atoms with van der Waals surface area (Å²) in [5.74, 6) is -5.30. The van der Waals surface area contributed by atoms with Gasteiger partial charge in [0.05, 0.1) is 5.56 Å². The van der Waals surface area contributed by atoms with Crippen molar-refractivity contribution in [1.82, 2.24) is 4.98 Å². The molecule has 0 radical (unpaired) electrons. The molecule has 100 valence electrons. The number of hydrogen-bond donors (Lipinski definition) is 1. The molecule has 1 aromatic heterocycles. The molecule has 7 heteroatoms. The van der Waals surface area contributed by atoms with Gasteiger partial charge in [-0.25, -0.2) is 18.2 Å². The summed E-state index contributed by atoms with van der Waals surface area (Å²) in [5, 5.41) is 10.8. The smallest absolute Gasteiger partial charge is 0.257 e. The molecule has 0 fully saturated rings. The first-order valence-electron chi connectivity index (χ1n) is 5.33. The van der Waals surface area contributed by atoms with Crippen molar-refractivity contribution in [3.63, 3.8) is 0 Å². The van der Waals surface area contributed by atoms with Crippen LogP contribution >= 0.6 is 0 Å². The average molecular weight is 277 g/mol. The molecular formula is C13H6F3N3O. The Balaban J connectivity index is 2.21. The third-order valence-corrected chi connectivity index (χ3v) is 2.38. The molecule has 0 aliphatic carbocycles. The standard InChI is InChI=1S/C13H6F3N3O/c14-9-3-8(4-10(15)12(9)16)13(20)19-11-2-1-7(5-17)6-18-11/h1-4,6H,(H,18,19,20). The number of hydrogen-bond acceptors (Lipinski definition) is 3. The van der Waals surface area contributed by atoms with Gasteiger partial charge in [-0.15, -0.1) is 0 Å². The van der Waals surface area contributed by atoms with E-state index in [1.54, 1.807) is 0 Å². The number of halogens is 3. The molecule has 0 saturated heterocycles. The van der Waals surface area contributed by atoms with Gasteiger partial charge in [0.25, 0.3) is 5.91 Å². The normalized spacial score (nSPS) is 9.90. The van der Waals surface area contributed by atoms with Gasteiger partial charge in [-0.05, 0) is 24.3 Å². The van der Waals surface area contributed by atoms with Gasteiger partial charge in [0.15, 0.2) is 17.5 Å². The number of nitrogens with zero attached hydrogens (tertiary/aromatic N) is 2. The van der Waals surface area contributed by atoms with Gasteiger partial charge in [0.1, 0.15) is 11.9 Å². The van der Waals surface area contributed by atoms with Crippen LogP contribution < -0.4 is 5.32 Å². The summed E-state index contributed by atoms with van der Waals surface area (Å²) < 4.78 is 38.7. The van der Waals surface area contributed by atoms with E-state index in [9.17, 15) is 18.0 Å². The minimum Gasteiger partial charge on any atom is -0.307 e. The molecule has 0 aliphatic rings. The van der Waals surface area contributed by atoms with Crippen molar-refractivity contribution in [2.45, 2.75) is 0 Å². The summed E-state index contributed by atoms with van der Waals surface area (Å²) in [6.45, 7) is 0. The lowest BCUT2D eigenvalue weighted by molar-refractivity contribution is 0.102. The lowest BCUT2D eigenvalue weighted by atomic mass is 10.2. The summed E-state index contributed by atoms with van der Waals surface area (Å²) >= 11 is 0. The fourth-order valence-corrected chi connectivity index (χ4v) is 1.41. The number of anilines is 1. The first-order valence-corrected chi connectivity index (χ1v) is 5.33. The van der Waals surface area contributed by atoms with Crippen molar-refractivity contribution in [3.8, 4) is 6.07 Å². The molecule has 1 heterocycles. The molecule has 1 aromatic carbocycles. The zero-order valence-electron chi connectivity index (χ0n) is 9.82. The number of nitrogens with one attached hydrogen (secondary N) is 1. The third-order valence-electron chi connectivity index (χ3n) is 2.38. The molecule has 0 aliphatic heterocycles. The Hall–Kier alpha value is -2.88. The molecule has 1 N–H and O–H groups in total. The van der Waals surface area contributed by atoms with E-state index in [1.165, 1.54) is 18.3 Å². The maximum Gasteiger partial charge on any atom is 0.257 e. The maximum absolute atomic E-state index is 13.0. The molecule has 0 atom stereocenters. The van der Waals surface area contributed by atoms with E-state index in [0.29, 0.717) is 17.7 Å². The largest absolute Gasteiger partial charge is 0.307 e. The van der Waals surface area contributed by atoms with Crippen LogP contribution in [0.25, 0.3) is 0 Å². The number of carbonyl (C=O) groups is 1. The Morgan fingerprint density at radius 1 is 1.20 bits per heavy atom. The molecule has 4 nitrogen and oxygen atoms in total. The number of nitriles is 1. The topological polar surface area (TPSA) is 65.8 Å². The molecule has 20 heavy (non-hydrogen) atoms. The summed E-state index contributed by atoms with van der Waals surface area (Å²) in [4.78, 5) is 15.5. The Bertz CT molecular complexity index is 685. The predicted octanol–water partition coefficient (Wildman–Crippen LogP) is 2.62. The summed E-state index contributed by atoms with van der Waals surface area (Å²) in [5.41, 5.74) is -0.0885. The van der Waals surface area contributed by atoms with E-state index in [2.05, 4.69) is 10.3 Å². The van der Waals surface area contributed by atoms with Crippen molar-refractivity contribution in [3.05, 3.63) is 59.0 Å². The van der Waals surface area contributed by atoms with Gasteiger partial charge in [0, 0.05) is 11.8 Å². The fraction of sp³-hybridized carbons (Fsp3) is 0. The number of carbonyl (C=O) groups excluding carboxylic acids is 1. The second kappa shape index (κ2) is 5.40. The molecular weight excluding hydrogens is 271 g/mol. The third kappa shape index (κ3) is 2.75. The van der Waals surface area contributed by atoms with Gasteiger partial charge >= 0.3 is 0 Å². The lowest BCUT2D eigenvalue weighted by Gasteiger charge is -2.05. The van der Waals surface area contributed by atoms with Gasteiger partial charge < -0.3 is 5.32 Å². The van der Waals surface area contributed by atoms with Crippen molar-refractivity contribution in [2.24, 2.45) is 0 Å². The monoisotopic (exact) mass is 277 g/mol. The lowest BCUT2D eigenvalue weighted by Crippen LogP contribution is -2.14. The molecule has 0 unspecified atom stereocenters. The molecule has 0 bridgehead atoms. The quantitative estimate of drug-likeness (QED) is 0.858. The van der Waals surface area contributed by atoms with Crippen LogP contribution in [0.15, 0.2) is 30.5 Å². The number of pyridine rings is 1. The van der Waals surface area contributed by atoms with Crippen LogP contribution in [0, 0.1) is 28.8 Å². The Labute approximate surface area is 111 Å². The SMILES string of the molecule is N#Cc1ccc(NC(=O)c2cc(F)c(F)c(F)c2)nc1. The van der Waals surface area contributed by atoms with Gasteiger partial charge in [-0.2, -0.15) is 5.26 Å². The predicted molar refractivity (Wildman–Crippen MR) is 63.2 cm³/mol. The second-order valence-electron chi connectivity index (χ2n) is 3.75. The zero-order chi connectivity index (χ0) is 14.7. The van der Waals surface area contributed by atoms with Crippen LogP contribution in [0.4, 0.5) is 19.0 Å². The highest BCUT2D eigenvalue weighted by Crippen LogP contribution is 2.15. The number of benzene rings is 1. The first kappa shape index (κ1) is 13.5.